The monoisotopic (exact) mass is 387 g/mol. The molecule has 0 saturated heterocycles. The molecular weight excluding hydrogens is 354 g/mol. The molecule has 1 rings (SSSR count). The first-order valence-corrected chi connectivity index (χ1v) is 10.1. The molecule has 0 radical (unpaired) electrons. The number of rotatable bonds is 15. The summed E-state index contributed by atoms with van der Waals surface area (Å²) < 4.78 is 5.44. The van der Waals surface area contributed by atoms with Gasteiger partial charge in [-0.25, -0.2) is 5.43 Å². The maximum atomic E-state index is 11.8. The van der Waals surface area contributed by atoms with E-state index in [4.69, 9.17) is 4.74 Å². The molecule has 2 amide bonds. The normalized spacial score (nSPS) is 10.6. The van der Waals surface area contributed by atoms with Gasteiger partial charge in [-0.3, -0.25) is 9.59 Å². The largest absolute Gasteiger partial charge is 0.490 e. The van der Waals surface area contributed by atoms with Crippen LogP contribution in [0.3, 0.4) is 0 Å². The Morgan fingerprint density at radius 2 is 1.86 bits per heavy atom. The fourth-order valence-electron chi connectivity index (χ4n) is 2.57. The fraction of sp³-hybridized carbons (Fsp3) is 0.500. The highest BCUT2D eigenvalue weighted by molar-refractivity contribution is 5.86. The first kappa shape index (κ1) is 23.4. The van der Waals surface area contributed by atoms with Crippen LogP contribution in [0, 0.1) is 0 Å². The van der Waals surface area contributed by atoms with Gasteiger partial charge in [-0.1, -0.05) is 70.2 Å². The van der Waals surface area contributed by atoms with Crippen molar-refractivity contribution in [1.29, 1.82) is 0 Å². The highest BCUT2D eigenvalue weighted by Crippen LogP contribution is 2.11. The van der Waals surface area contributed by atoms with E-state index >= 15 is 0 Å². The molecule has 0 aliphatic heterocycles. The van der Waals surface area contributed by atoms with Crippen LogP contribution in [-0.4, -0.2) is 31.2 Å². The van der Waals surface area contributed by atoms with Crippen LogP contribution in [0.15, 0.2) is 42.0 Å². The molecule has 0 aliphatic carbocycles. The van der Waals surface area contributed by atoms with E-state index < -0.39 is 0 Å². The molecule has 0 bridgehead atoms. The number of carbonyl (C=O) groups is 2. The minimum atomic E-state index is -0.358. The van der Waals surface area contributed by atoms with Crippen molar-refractivity contribution >= 4 is 18.0 Å². The molecule has 0 heterocycles. The Morgan fingerprint density at radius 1 is 1.11 bits per heavy atom. The van der Waals surface area contributed by atoms with Crippen LogP contribution in [0.25, 0.3) is 0 Å². The molecule has 0 saturated carbocycles. The molecule has 1 aromatic carbocycles. The molecule has 2 N–H and O–H groups in total. The van der Waals surface area contributed by atoms with Crippen LogP contribution in [-0.2, 0) is 9.59 Å². The molecule has 0 aromatic heterocycles. The smallest absolute Gasteiger partial charge is 0.259 e. The van der Waals surface area contributed by atoms with Crippen molar-refractivity contribution < 1.29 is 14.3 Å². The fourth-order valence-corrected chi connectivity index (χ4v) is 2.57. The van der Waals surface area contributed by atoms with Crippen molar-refractivity contribution in [3.05, 3.63) is 42.5 Å². The van der Waals surface area contributed by atoms with Gasteiger partial charge in [0.2, 0.25) is 5.91 Å². The average Bonchev–Trinajstić information content (AvgIpc) is 2.70. The summed E-state index contributed by atoms with van der Waals surface area (Å²) in [5.74, 6) is 0.246. The quantitative estimate of drug-likeness (QED) is 0.207. The lowest BCUT2D eigenvalue weighted by Gasteiger charge is -2.05. The van der Waals surface area contributed by atoms with Gasteiger partial charge in [0.25, 0.3) is 5.91 Å². The highest BCUT2D eigenvalue weighted by atomic mass is 16.5. The zero-order chi connectivity index (χ0) is 20.5. The van der Waals surface area contributed by atoms with Crippen molar-refractivity contribution in [2.24, 2.45) is 5.10 Å². The Balaban J connectivity index is 2.16. The molecule has 1 aromatic rings. The van der Waals surface area contributed by atoms with E-state index in [1.807, 2.05) is 24.3 Å². The zero-order valence-electron chi connectivity index (χ0n) is 16.9. The van der Waals surface area contributed by atoms with Gasteiger partial charge in [0.1, 0.15) is 12.4 Å². The molecular formula is C22H33N3O3. The van der Waals surface area contributed by atoms with Crippen LogP contribution in [0.1, 0.15) is 63.9 Å². The summed E-state index contributed by atoms with van der Waals surface area (Å²) in [5, 5.41) is 6.52. The zero-order valence-corrected chi connectivity index (χ0v) is 16.9. The first-order chi connectivity index (χ1) is 13.7. The van der Waals surface area contributed by atoms with E-state index in [9.17, 15) is 9.59 Å². The standard InChI is InChI=1S/C22H33N3O3/c1-3-5-6-7-8-9-10-14-21(26)23-18-22(27)25-24-17-19-12-11-13-20(16-19)28-15-4-2/h4,11-13,16-17H,2-3,5-10,14-15,18H2,1H3,(H,23,26)(H,25,27)/b24-17-. The molecule has 0 unspecified atom stereocenters. The topological polar surface area (TPSA) is 79.8 Å². The number of nitrogens with zero attached hydrogens (tertiary/aromatic N) is 1. The van der Waals surface area contributed by atoms with Gasteiger partial charge in [0.05, 0.1) is 12.8 Å². The van der Waals surface area contributed by atoms with Crippen molar-refractivity contribution in [2.75, 3.05) is 13.2 Å². The first-order valence-electron chi connectivity index (χ1n) is 10.1. The molecule has 0 spiro atoms. The lowest BCUT2D eigenvalue weighted by Crippen LogP contribution is -2.34. The van der Waals surface area contributed by atoms with Gasteiger partial charge in [-0.2, -0.15) is 5.10 Å². The molecule has 0 fully saturated rings. The Bertz CT molecular complexity index is 629. The number of hydrogen-bond donors (Lipinski definition) is 2. The molecule has 28 heavy (non-hydrogen) atoms. The lowest BCUT2D eigenvalue weighted by atomic mass is 10.1. The number of amides is 2. The van der Waals surface area contributed by atoms with Gasteiger partial charge in [-0.15, -0.1) is 0 Å². The van der Waals surface area contributed by atoms with E-state index in [0.717, 1.165) is 18.4 Å². The molecule has 0 aliphatic rings. The predicted molar refractivity (Wildman–Crippen MR) is 113 cm³/mol. The van der Waals surface area contributed by atoms with Gasteiger partial charge in [0, 0.05) is 6.42 Å². The number of ether oxygens (including phenoxy) is 1. The second-order valence-corrected chi connectivity index (χ2v) is 6.61. The van der Waals surface area contributed by atoms with Crippen LogP contribution < -0.4 is 15.5 Å². The summed E-state index contributed by atoms with van der Waals surface area (Å²) in [5.41, 5.74) is 3.20. The van der Waals surface area contributed by atoms with E-state index in [1.165, 1.54) is 38.3 Å². The molecule has 6 heteroatoms. The van der Waals surface area contributed by atoms with Crippen LogP contribution >= 0.6 is 0 Å². The summed E-state index contributed by atoms with van der Waals surface area (Å²) in [4.78, 5) is 23.5. The highest BCUT2D eigenvalue weighted by Gasteiger charge is 2.04. The number of hydrazone groups is 1. The van der Waals surface area contributed by atoms with Gasteiger partial charge < -0.3 is 10.1 Å². The summed E-state index contributed by atoms with van der Waals surface area (Å²) in [7, 11) is 0. The number of benzene rings is 1. The van der Waals surface area contributed by atoms with Crippen LogP contribution in [0.2, 0.25) is 0 Å². The number of nitrogens with one attached hydrogen (secondary N) is 2. The maximum Gasteiger partial charge on any atom is 0.259 e. The number of hydrogen-bond acceptors (Lipinski definition) is 4. The van der Waals surface area contributed by atoms with Crippen molar-refractivity contribution in [3.8, 4) is 5.75 Å². The lowest BCUT2D eigenvalue weighted by molar-refractivity contribution is -0.126. The minimum Gasteiger partial charge on any atom is -0.490 e. The number of carbonyl (C=O) groups excluding carboxylic acids is 2. The Kier molecular flexibility index (Phi) is 12.9. The summed E-state index contributed by atoms with van der Waals surface area (Å²) in [6.45, 7) is 6.15. The Labute approximate surface area is 168 Å². The summed E-state index contributed by atoms with van der Waals surface area (Å²) in [6.07, 6.45) is 11.8. The van der Waals surface area contributed by atoms with Crippen LogP contribution in [0.5, 0.6) is 5.75 Å². The Hall–Kier alpha value is -2.63. The second-order valence-electron chi connectivity index (χ2n) is 6.61. The number of unbranched alkanes of at least 4 members (excludes halogenated alkanes) is 6. The maximum absolute atomic E-state index is 11.8. The Morgan fingerprint density at radius 3 is 2.61 bits per heavy atom. The van der Waals surface area contributed by atoms with Gasteiger partial charge in [0.15, 0.2) is 0 Å². The SMILES string of the molecule is C=CCOc1cccc(/C=N\NC(=O)CNC(=O)CCCCCCCCC)c1. The van der Waals surface area contributed by atoms with Gasteiger partial charge >= 0.3 is 0 Å². The van der Waals surface area contributed by atoms with E-state index in [1.54, 1.807) is 6.08 Å². The van der Waals surface area contributed by atoms with Crippen LogP contribution in [0.4, 0.5) is 0 Å². The van der Waals surface area contributed by atoms with E-state index in [2.05, 4.69) is 29.3 Å². The van der Waals surface area contributed by atoms with Gasteiger partial charge in [-0.05, 0) is 24.1 Å². The third kappa shape index (κ3) is 11.9. The molecule has 6 nitrogen and oxygen atoms in total. The minimum absolute atomic E-state index is 0.0742. The van der Waals surface area contributed by atoms with E-state index in [0.29, 0.717) is 18.8 Å². The molecule has 154 valence electrons. The predicted octanol–water partition coefficient (Wildman–Crippen LogP) is 3.96. The summed E-state index contributed by atoms with van der Waals surface area (Å²) >= 11 is 0. The summed E-state index contributed by atoms with van der Waals surface area (Å²) in [6, 6.07) is 7.33. The van der Waals surface area contributed by atoms with Crippen molar-refractivity contribution in [3.63, 3.8) is 0 Å². The molecule has 0 atom stereocenters. The third-order valence-electron chi connectivity index (χ3n) is 4.08. The average molecular weight is 388 g/mol. The van der Waals surface area contributed by atoms with Crippen molar-refractivity contribution in [2.45, 2.75) is 58.3 Å². The van der Waals surface area contributed by atoms with E-state index in [-0.39, 0.29) is 18.4 Å². The van der Waals surface area contributed by atoms with Crippen molar-refractivity contribution in [1.82, 2.24) is 10.7 Å². The second kappa shape index (κ2) is 15.4. The third-order valence-corrected chi connectivity index (χ3v) is 4.08.